The van der Waals surface area contributed by atoms with Gasteiger partial charge in [0, 0.05) is 46.5 Å². The van der Waals surface area contributed by atoms with E-state index >= 15 is 0 Å². The van der Waals surface area contributed by atoms with Gasteiger partial charge >= 0.3 is 0 Å². The molecule has 24 heavy (non-hydrogen) atoms. The molecular weight excluding hydrogens is 435 g/mol. The second-order valence-electron chi connectivity index (χ2n) is 7.24. The zero-order valence-electron chi connectivity index (χ0n) is 16.0. The lowest BCUT2D eigenvalue weighted by Crippen LogP contribution is -2.47. The van der Waals surface area contributed by atoms with E-state index in [9.17, 15) is 4.21 Å². The summed E-state index contributed by atoms with van der Waals surface area (Å²) >= 11 is 0. The van der Waals surface area contributed by atoms with Gasteiger partial charge in [-0.1, -0.05) is 13.3 Å². The van der Waals surface area contributed by atoms with Gasteiger partial charge in [-0.15, -0.1) is 24.0 Å². The Labute approximate surface area is 168 Å². The highest BCUT2D eigenvalue weighted by Crippen LogP contribution is 2.22. The van der Waals surface area contributed by atoms with Crippen molar-refractivity contribution in [1.82, 2.24) is 16.0 Å². The van der Waals surface area contributed by atoms with Crippen molar-refractivity contribution in [2.24, 2.45) is 4.99 Å². The molecule has 3 N–H and O–H groups in total. The molecule has 1 fully saturated rings. The number of aliphatic imine (C=N–C) groups is 1. The summed E-state index contributed by atoms with van der Waals surface area (Å²) in [6.07, 6.45) is 4.38. The molecule has 1 aliphatic rings. The summed E-state index contributed by atoms with van der Waals surface area (Å²) < 4.78 is 12.1. The van der Waals surface area contributed by atoms with Crippen LogP contribution in [0.1, 0.15) is 60.3 Å². The molecule has 0 aromatic heterocycles. The second kappa shape index (κ2) is 12.5. The molecule has 0 saturated heterocycles. The number of nitrogens with one attached hydrogen (secondary N) is 3. The topological polar surface area (TPSA) is 65.5 Å². The Morgan fingerprint density at radius 3 is 2.54 bits per heavy atom. The minimum absolute atomic E-state index is 0. The van der Waals surface area contributed by atoms with Gasteiger partial charge in [0.15, 0.2) is 5.96 Å². The summed E-state index contributed by atoms with van der Waals surface area (Å²) in [5, 5.41) is 10.7. The van der Waals surface area contributed by atoms with Crippen molar-refractivity contribution in [3.8, 4) is 0 Å². The molecule has 0 spiro atoms. The molecule has 7 heteroatoms. The van der Waals surface area contributed by atoms with Crippen molar-refractivity contribution in [2.75, 3.05) is 25.4 Å². The molecule has 3 unspecified atom stereocenters. The molecule has 0 aromatic carbocycles. The summed E-state index contributed by atoms with van der Waals surface area (Å²) in [7, 11) is -0.680. The number of hydrogen-bond donors (Lipinski definition) is 3. The van der Waals surface area contributed by atoms with E-state index in [0.717, 1.165) is 57.0 Å². The molecule has 0 radical (unpaired) electrons. The van der Waals surface area contributed by atoms with Crippen molar-refractivity contribution in [3.05, 3.63) is 0 Å². The lowest BCUT2D eigenvalue weighted by atomic mass is 9.95. The Hall–Kier alpha value is 0.110. The minimum Gasteiger partial charge on any atom is -0.357 e. The van der Waals surface area contributed by atoms with E-state index in [2.05, 4.69) is 48.6 Å². The first-order chi connectivity index (χ1) is 10.9. The molecule has 0 heterocycles. The van der Waals surface area contributed by atoms with Gasteiger partial charge in [0.2, 0.25) is 0 Å². The van der Waals surface area contributed by atoms with Crippen LogP contribution in [0.5, 0.6) is 0 Å². The molecule has 0 amide bonds. The van der Waals surface area contributed by atoms with Crippen molar-refractivity contribution in [1.29, 1.82) is 0 Å². The summed E-state index contributed by atoms with van der Waals surface area (Å²) in [5.74, 6) is 1.65. The van der Waals surface area contributed by atoms with Gasteiger partial charge in [-0.05, 0) is 47.0 Å². The highest BCUT2D eigenvalue weighted by Gasteiger charge is 2.25. The molecule has 1 saturated carbocycles. The molecule has 1 rings (SSSR count). The predicted octanol–water partition coefficient (Wildman–Crippen LogP) is 2.63. The van der Waals surface area contributed by atoms with Crippen LogP contribution in [-0.2, 0) is 10.8 Å². The second-order valence-corrected chi connectivity index (χ2v) is 9.24. The summed E-state index contributed by atoms with van der Waals surface area (Å²) in [5.41, 5.74) is 0.127. The summed E-state index contributed by atoms with van der Waals surface area (Å²) in [6.45, 7) is 13.1. The van der Waals surface area contributed by atoms with E-state index in [1.807, 2.05) is 6.92 Å². The van der Waals surface area contributed by atoms with E-state index in [0.29, 0.717) is 11.3 Å². The van der Waals surface area contributed by atoms with Gasteiger partial charge < -0.3 is 16.0 Å². The highest BCUT2D eigenvalue weighted by molar-refractivity contribution is 14.0. The van der Waals surface area contributed by atoms with Gasteiger partial charge in [0.05, 0.1) is 6.54 Å². The number of guanidine groups is 1. The lowest BCUT2D eigenvalue weighted by Gasteiger charge is -2.30. The monoisotopic (exact) mass is 472 g/mol. The van der Waals surface area contributed by atoms with Crippen LogP contribution in [0, 0.1) is 0 Å². The van der Waals surface area contributed by atoms with Crippen LogP contribution in [0.2, 0.25) is 0 Å². The third-order valence-electron chi connectivity index (χ3n) is 4.00. The van der Waals surface area contributed by atoms with Gasteiger partial charge in [-0.25, -0.2) is 0 Å². The molecule has 0 bridgehead atoms. The predicted molar refractivity (Wildman–Crippen MR) is 117 cm³/mol. The quantitative estimate of drug-likeness (QED) is 0.231. The Kier molecular flexibility index (Phi) is 12.5. The van der Waals surface area contributed by atoms with Crippen LogP contribution in [0.25, 0.3) is 0 Å². The molecular formula is C17H37IN4OS. The molecule has 5 nitrogen and oxygen atoms in total. The molecule has 144 valence electrons. The number of rotatable bonds is 7. The summed E-state index contributed by atoms with van der Waals surface area (Å²) in [4.78, 5) is 4.66. The maximum Gasteiger partial charge on any atom is 0.191 e. The molecule has 0 aliphatic heterocycles. The Morgan fingerprint density at radius 1 is 1.25 bits per heavy atom. The van der Waals surface area contributed by atoms with Crippen LogP contribution in [0.4, 0.5) is 0 Å². The van der Waals surface area contributed by atoms with Crippen molar-refractivity contribution in [2.45, 2.75) is 77.1 Å². The largest absolute Gasteiger partial charge is 0.357 e. The van der Waals surface area contributed by atoms with Crippen LogP contribution in [-0.4, -0.2) is 52.4 Å². The fourth-order valence-electron chi connectivity index (χ4n) is 2.86. The van der Waals surface area contributed by atoms with Crippen LogP contribution < -0.4 is 16.0 Å². The normalized spacial score (nSPS) is 23.3. The van der Waals surface area contributed by atoms with Gasteiger partial charge in [-0.2, -0.15) is 0 Å². The third kappa shape index (κ3) is 10.2. The van der Waals surface area contributed by atoms with E-state index in [1.165, 1.54) is 0 Å². The smallest absolute Gasteiger partial charge is 0.191 e. The van der Waals surface area contributed by atoms with Crippen molar-refractivity contribution < 1.29 is 4.21 Å². The number of nitrogens with zero attached hydrogens (tertiary/aromatic N) is 1. The van der Waals surface area contributed by atoms with Gasteiger partial charge in [-0.3, -0.25) is 9.20 Å². The van der Waals surface area contributed by atoms with Crippen LogP contribution >= 0.6 is 24.0 Å². The molecule has 3 atom stereocenters. The zero-order valence-corrected chi connectivity index (χ0v) is 19.1. The van der Waals surface area contributed by atoms with Crippen molar-refractivity contribution >= 4 is 40.7 Å². The van der Waals surface area contributed by atoms with Gasteiger partial charge in [0.1, 0.15) is 0 Å². The molecule has 1 aliphatic carbocycles. The first kappa shape index (κ1) is 24.1. The Balaban J connectivity index is 0.00000529. The first-order valence-electron chi connectivity index (χ1n) is 9.02. The minimum atomic E-state index is -0.680. The van der Waals surface area contributed by atoms with Gasteiger partial charge in [0.25, 0.3) is 0 Å². The van der Waals surface area contributed by atoms with E-state index < -0.39 is 10.8 Å². The molecule has 0 aromatic rings. The Morgan fingerprint density at radius 2 is 1.96 bits per heavy atom. The zero-order chi connectivity index (χ0) is 17.3. The average Bonchev–Trinajstić information content (AvgIpc) is 2.50. The fraction of sp³-hybridized carbons (Fsp3) is 0.941. The Bertz CT molecular complexity index is 399. The standard InChI is InChI=1S/C17H36N4OS.HI/c1-6-18-16(19-11-12-20-17(3,4)5)21-14-9-8-10-15(13-14)23(22)7-2;/h14-15,20H,6-13H2,1-5H3,(H2,18,19,21);1H. The van der Waals surface area contributed by atoms with Crippen molar-refractivity contribution in [3.63, 3.8) is 0 Å². The van der Waals surface area contributed by atoms with E-state index in [4.69, 9.17) is 0 Å². The highest BCUT2D eigenvalue weighted by atomic mass is 127. The first-order valence-corrected chi connectivity index (χ1v) is 10.4. The fourth-order valence-corrected chi connectivity index (χ4v) is 4.21. The average molecular weight is 472 g/mol. The maximum absolute atomic E-state index is 12.1. The number of halogens is 1. The number of hydrogen-bond acceptors (Lipinski definition) is 3. The van der Waals surface area contributed by atoms with E-state index in [1.54, 1.807) is 0 Å². The maximum atomic E-state index is 12.1. The van der Waals surface area contributed by atoms with Crippen LogP contribution in [0.3, 0.4) is 0 Å². The van der Waals surface area contributed by atoms with E-state index in [-0.39, 0.29) is 29.5 Å². The summed E-state index contributed by atoms with van der Waals surface area (Å²) in [6, 6.07) is 0.387. The lowest BCUT2D eigenvalue weighted by molar-refractivity contribution is 0.412. The SMILES string of the molecule is CCNC(=NCCNC(C)(C)C)NC1CCCC(S(=O)CC)C1.I. The van der Waals surface area contributed by atoms with Crippen LogP contribution in [0.15, 0.2) is 4.99 Å². The third-order valence-corrected chi connectivity index (χ3v) is 5.75.